The zero-order valence-electron chi connectivity index (χ0n) is 10.5. The van der Waals surface area contributed by atoms with Gasteiger partial charge >= 0.3 is 0 Å². The van der Waals surface area contributed by atoms with E-state index >= 15 is 0 Å². The van der Waals surface area contributed by atoms with Gasteiger partial charge in [-0.1, -0.05) is 24.3 Å². The Kier molecular flexibility index (Phi) is 2.52. The molecule has 0 radical (unpaired) electrons. The predicted molar refractivity (Wildman–Crippen MR) is 77.6 cm³/mol. The number of hydrogen-bond acceptors (Lipinski definition) is 1. The van der Waals surface area contributed by atoms with Crippen molar-refractivity contribution in [2.45, 2.75) is 0 Å². The lowest BCUT2D eigenvalue weighted by molar-refractivity contribution is 0.643. The van der Waals surface area contributed by atoms with E-state index in [-0.39, 0.29) is 0 Å². The molecule has 0 saturated carbocycles. The fourth-order valence-corrected chi connectivity index (χ4v) is 2.17. The van der Waals surface area contributed by atoms with Crippen LogP contribution in [0, 0.1) is 0 Å². The van der Waals surface area contributed by atoms with Crippen molar-refractivity contribution in [1.82, 2.24) is 9.88 Å². The smallest absolute Gasteiger partial charge is 0.0907 e. The Morgan fingerprint density at radius 1 is 1.00 bits per heavy atom. The van der Waals surface area contributed by atoms with Crippen LogP contribution < -0.4 is 0 Å². The normalized spacial score (nSPS) is 11.7. The number of aromatic nitrogens is 1. The second kappa shape index (κ2) is 4.18. The van der Waals surface area contributed by atoms with Crippen LogP contribution in [0.25, 0.3) is 21.8 Å². The molecular formula is C15H15N3. The molecule has 18 heavy (non-hydrogen) atoms. The Morgan fingerprint density at radius 2 is 1.78 bits per heavy atom. The lowest BCUT2D eigenvalue weighted by atomic mass is 10.1. The molecule has 1 aromatic heterocycles. The molecule has 0 unspecified atom stereocenters. The van der Waals surface area contributed by atoms with Crippen LogP contribution >= 0.6 is 0 Å². The van der Waals surface area contributed by atoms with Crippen LogP contribution in [0.2, 0.25) is 0 Å². The number of nitrogens with one attached hydrogen (secondary N) is 1. The highest BCUT2D eigenvalue weighted by Gasteiger charge is 2.06. The molecule has 0 fully saturated rings. The third-order valence-electron chi connectivity index (χ3n) is 2.94. The highest BCUT2D eigenvalue weighted by atomic mass is 15.1. The molecule has 0 saturated heterocycles. The average Bonchev–Trinajstić information content (AvgIpc) is 2.75. The zero-order chi connectivity index (χ0) is 12.5. The van der Waals surface area contributed by atoms with Crippen molar-refractivity contribution in [2.75, 3.05) is 14.1 Å². The quantitative estimate of drug-likeness (QED) is 0.536. The molecule has 0 amide bonds. The Hall–Kier alpha value is -2.29. The van der Waals surface area contributed by atoms with E-state index in [2.05, 4.69) is 34.2 Å². The molecule has 1 heterocycles. The topological polar surface area (TPSA) is 31.4 Å². The summed E-state index contributed by atoms with van der Waals surface area (Å²) in [5.41, 5.74) is 3.28. The third kappa shape index (κ3) is 1.74. The molecule has 0 atom stereocenters. The molecule has 0 aliphatic carbocycles. The lowest BCUT2D eigenvalue weighted by Gasteiger charge is -2.03. The Balaban J connectivity index is 2.31. The SMILES string of the molecule is CN(C)C=Nc1cccc2[nH]c3ccccc3c12. The fraction of sp³-hybridized carbons (Fsp3) is 0.133. The maximum atomic E-state index is 4.54. The first kappa shape index (κ1) is 10.8. The van der Waals surface area contributed by atoms with Crippen molar-refractivity contribution >= 4 is 33.8 Å². The minimum Gasteiger partial charge on any atom is -0.369 e. The van der Waals surface area contributed by atoms with Crippen LogP contribution in [0.5, 0.6) is 0 Å². The predicted octanol–water partition coefficient (Wildman–Crippen LogP) is 3.54. The van der Waals surface area contributed by atoms with Gasteiger partial charge < -0.3 is 9.88 Å². The molecule has 0 spiro atoms. The van der Waals surface area contributed by atoms with Crippen LogP contribution in [0.3, 0.4) is 0 Å². The summed E-state index contributed by atoms with van der Waals surface area (Å²) >= 11 is 0. The van der Waals surface area contributed by atoms with Gasteiger partial charge in [-0.05, 0) is 18.2 Å². The van der Waals surface area contributed by atoms with Gasteiger partial charge in [-0.15, -0.1) is 0 Å². The summed E-state index contributed by atoms with van der Waals surface area (Å²) in [5, 5.41) is 2.41. The first-order chi connectivity index (χ1) is 8.75. The van der Waals surface area contributed by atoms with Gasteiger partial charge in [0.05, 0.1) is 12.0 Å². The molecule has 3 rings (SSSR count). The minimum atomic E-state index is 0.999. The van der Waals surface area contributed by atoms with Gasteiger partial charge in [-0.3, -0.25) is 0 Å². The van der Waals surface area contributed by atoms with E-state index in [4.69, 9.17) is 0 Å². The molecule has 0 aliphatic heterocycles. The van der Waals surface area contributed by atoms with Crippen molar-refractivity contribution in [3.8, 4) is 0 Å². The second-order valence-electron chi connectivity index (χ2n) is 4.58. The summed E-state index contributed by atoms with van der Waals surface area (Å²) < 4.78 is 0. The van der Waals surface area contributed by atoms with Gasteiger partial charge in [0.25, 0.3) is 0 Å². The van der Waals surface area contributed by atoms with E-state index in [9.17, 15) is 0 Å². The monoisotopic (exact) mass is 237 g/mol. The highest BCUT2D eigenvalue weighted by molar-refractivity contribution is 6.12. The fourth-order valence-electron chi connectivity index (χ4n) is 2.17. The molecule has 3 heteroatoms. The molecule has 3 nitrogen and oxygen atoms in total. The van der Waals surface area contributed by atoms with E-state index < -0.39 is 0 Å². The lowest BCUT2D eigenvalue weighted by Crippen LogP contribution is -2.06. The molecule has 0 aliphatic rings. The van der Waals surface area contributed by atoms with Gasteiger partial charge in [-0.2, -0.15) is 0 Å². The summed E-state index contributed by atoms with van der Waals surface area (Å²) in [7, 11) is 3.94. The number of fused-ring (bicyclic) bond motifs is 3. The number of nitrogens with zero attached hydrogens (tertiary/aromatic N) is 2. The van der Waals surface area contributed by atoms with Crippen LogP contribution in [0.4, 0.5) is 5.69 Å². The van der Waals surface area contributed by atoms with Crippen molar-refractivity contribution in [1.29, 1.82) is 0 Å². The zero-order valence-corrected chi connectivity index (χ0v) is 10.5. The Labute approximate surface area is 106 Å². The van der Waals surface area contributed by atoms with Crippen molar-refractivity contribution in [2.24, 2.45) is 4.99 Å². The number of H-pyrrole nitrogens is 1. The number of aliphatic imine (C=N–C) groups is 1. The summed E-state index contributed by atoms with van der Waals surface area (Å²) in [5.74, 6) is 0. The minimum absolute atomic E-state index is 0.999. The summed E-state index contributed by atoms with van der Waals surface area (Å²) in [4.78, 5) is 9.89. The summed E-state index contributed by atoms with van der Waals surface area (Å²) in [6.45, 7) is 0. The third-order valence-corrected chi connectivity index (χ3v) is 2.94. The van der Waals surface area contributed by atoms with Gasteiger partial charge in [-0.25, -0.2) is 4.99 Å². The molecular weight excluding hydrogens is 222 g/mol. The molecule has 1 N–H and O–H groups in total. The molecule has 0 bridgehead atoms. The number of para-hydroxylation sites is 1. The number of aromatic amines is 1. The molecule has 2 aromatic carbocycles. The first-order valence-corrected chi connectivity index (χ1v) is 5.96. The van der Waals surface area contributed by atoms with E-state index in [1.165, 1.54) is 10.8 Å². The van der Waals surface area contributed by atoms with Gasteiger partial charge in [0, 0.05) is 35.9 Å². The number of benzene rings is 2. The Bertz CT molecular complexity index is 723. The number of hydrogen-bond donors (Lipinski definition) is 1. The average molecular weight is 237 g/mol. The van der Waals surface area contributed by atoms with Crippen LogP contribution in [0.15, 0.2) is 47.5 Å². The maximum absolute atomic E-state index is 4.54. The second-order valence-corrected chi connectivity index (χ2v) is 4.58. The van der Waals surface area contributed by atoms with Crippen LogP contribution in [-0.4, -0.2) is 30.3 Å². The first-order valence-electron chi connectivity index (χ1n) is 5.96. The largest absolute Gasteiger partial charge is 0.369 e. The van der Waals surface area contributed by atoms with Crippen molar-refractivity contribution < 1.29 is 0 Å². The molecule has 90 valence electrons. The van der Waals surface area contributed by atoms with Crippen molar-refractivity contribution in [3.63, 3.8) is 0 Å². The molecule has 3 aromatic rings. The van der Waals surface area contributed by atoms with Gasteiger partial charge in [0.1, 0.15) is 0 Å². The highest BCUT2D eigenvalue weighted by Crippen LogP contribution is 2.32. The maximum Gasteiger partial charge on any atom is 0.0907 e. The summed E-state index contributed by atoms with van der Waals surface area (Å²) in [6.07, 6.45) is 1.83. The van der Waals surface area contributed by atoms with Crippen LogP contribution in [-0.2, 0) is 0 Å². The van der Waals surface area contributed by atoms with Crippen molar-refractivity contribution in [3.05, 3.63) is 42.5 Å². The standard InChI is InChI=1S/C15H15N3/c1-18(2)10-16-13-8-5-9-14-15(13)11-6-3-4-7-12(11)17-14/h3-10,17H,1-2H3. The number of rotatable bonds is 2. The van der Waals surface area contributed by atoms with E-state index in [0.29, 0.717) is 0 Å². The van der Waals surface area contributed by atoms with E-state index in [0.717, 1.165) is 16.7 Å². The van der Waals surface area contributed by atoms with Gasteiger partial charge in [0.15, 0.2) is 0 Å². The van der Waals surface area contributed by atoms with Crippen LogP contribution in [0.1, 0.15) is 0 Å². The van der Waals surface area contributed by atoms with E-state index in [1.54, 1.807) is 0 Å². The van der Waals surface area contributed by atoms with E-state index in [1.807, 2.05) is 43.5 Å². The summed E-state index contributed by atoms with van der Waals surface area (Å²) in [6, 6.07) is 14.5. The Morgan fingerprint density at radius 3 is 2.61 bits per heavy atom. The van der Waals surface area contributed by atoms with Gasteiger partial charge in [0.2, 0.25) is 0 Å².